The van der Waals surface area contributed by atoms with Gasteiger partial charge >= 0.3 is 41.8 Å². The molecule has 0 aromatic carbocycles. The molecule has 18 heteroatoms. The third kappa shape index (κ3) is 9.77. The van der Waals surface area contributed by atoms with Gasteiger partial charge in [-0.15, -0.1) is 0 Å². The average molecular weight is 787 g/mol. The average Bonchev–Trinajstić information content (AvgIpc) is 3.77. The molecule has 0 saturated carbocycles. The Morgan fingerprint density at radius 1 is 0.421 bits per heavy atom. The number of nitrogens with zero attached hydrogens (tertiary/aromatic N) is 2. The van der Waals surface area contributed by atoms with Crippen molar-refractivity contribution in [2.45, 2.75) is 77.6 Å². The zero-order valence-electron chi connectivity index (χ0n) is 30.5. The zero-order chi connectivity index (χ0) is 41.7. The van der Waals surface area contributed by atoms with Crippen LogP contribution >= 0.6 is 0 Å². The molecule has 298 valence electrons. The van der Waals surface area contributed by atoms with Gasteiger partial charge in [-0.3, -0.25) is 33.6 Å². The van der Waals surface area contributed by atoms with Crippen LogP contribution in [0.5, 0.6) is 0 Å². The molecule has 0 saturated heterocycles. The van der Waals surface area contributed by atoms with Gasteiger partial charge in [0.05, 0.1) is 42.0 Å². The number of carboxylic acids is 7. The van der Waals surface area contributed by atoms with Crippen molar-refractivity contribution < 1.29 is 69.3 Å². The molecule has 0 fully saturated rings. The zero-order valence-corrected chi connectivity index (χ0v) is 30.5. The van der Waals surface area contributed by atoms with Crippen molar-refractivity contribution in [2.24, 2.45) is 0 Å². The summed E-state index contributed by atoms with van der Waals surface area (Å²) in [5, 5.41) is 68.4. The Morgan fingerprint density at radius 2 is 0.789 bits per heavy atom. The number of hydrogen-bond donors (Lipinski definition) is 9. The van der Waals surface area contributed by atoms with Gasteiger partial charge in [-0.2, -0.15) is 0 Å². The van der Waals surface area contributed by atoms with Crippen LogP contribution in [-0.4, -0.2) is 97.5 Å². The molecule has 8 bridgehead atoms. The number of aromatic amines is 2. The Balaban J connectivity index is 2.05. The lowest BCUT2D eigenvalue weighted by Gasteiger charge is -2.06. The number of H-pyrrole nitrogens is 2. The highest BCUT2D eigenvalue weighted by Gasteiger charge is 2.26. The maximum Gasteiger partial charge on any atom is 0.307 e. The Kier molecular flexibility index (Phi) is 12.3. The number of aromatic nitrogens is 4. The molecule has 2 aliphatic rings. The Bertz CT molecular complexity index is 2470. The third-order valence-corrected chi connectivity index (χ3v) is 9.64. The fourth-order valence-corrected chi connectivity index (χ4v) is 7.13. The molecule has 9 N–H and O–H groups in total. The summed E-state index contributed by atoms with van der Waals surface area (Å²) in [5.41, 5.74) is 3.68. The molecule has 57 heavy (non-hydrogen) atoms. The van der Waals surface area contributed by atoms with E-state index in [1.165, 1.54) is 24.3 Å². The van der Waals surface area contributed by atoms with Crippen LogP contribution in [0.25, 0.3) is 44.4 Å². The number of rotatable bonds is 18. The van der Waals surface area contributed by atoms with Crippen molar-refractivity contribution in [3.05, 3.63) is 69.3 Å². The van der Waals surface area contributed by atoms with E-state index in [0.29, 0.717) is 11.1 Å². The highest BCUT2D eigenvalue weighted by Crippen LogP contribution is 2.39. The van der Waals surface area contributed by atoms with Crippen molar-refractivity contribution in [1.29, 1.82) is 0 Å². The largest absolute Gasteiger partial charge is 0.481 e. The summed E-state index contributed by atoms with van der Waals surface area (Å²) >= 11 is 0. The number of allylic oxidation sites excluding steroid dienone is 3. The van der Waals surface area contributed by atoms with Crippen LogP contribution in [0.3, 0.4) is 0 Å². The van der Waals surface area contributed by atoms with Gasteiger partial charge in [-0.05, 0) is 101 Å². The lowest BCUT2D eigenvalue weighted by atomic mass is 9.96. The summed E-state index contributed by atoms with van der Waals surface area (Å²) in [6.45, 7) is 1.67. The number of carbonyl (C=O) groups is 7. The minimum Gasteiger partial charge on any atom is -0.481 e. The molecule has 3 aromatic rings. The summed E-state index contributed by atoms with van der Waals surface area (Å²) in [6.07, 6.45) is -3.90. The monoisotopic (exact) mass is 786 g/mol. The highest BCUT2D eigenvalue weighted by atomic mass is 16.4. The van der Waals surface area contributed by atoms with Crippen molar-refractivity contribution in [2.75, 3.05) is 0 Å². The second-order valence-corrected chi connectivity index (χ2v) is 13.5. The quantitative estimate of drug-likeness (QED) is 0.0847. The van der Waals surface area contributed by atoms with Crippen LogP contribution in [-0.2, 0) is 59.2 Å². The normalized spacial score (nSPS) is 12.5. The van der Waals surface area contributed by atoms with E-state index in [1.807, 2.05) is 0 Å². The summed E-state index contributed by atoms with van der Waals surface area (Å²) in [6, 6.07) is 5.90. The van der Waals surface area contributed by atoms with E-state index in [9.17, 15) is 69.3 Å². The third-order valence-electron chi connectivity index (χ3n) is 9.64. The van der Waals surface area contributed by atoms with Crippen molar-refractivity contribution in [3.63, 3.8) is 0 Å². The fraction of sp³-hybridized carbons (Fsp3) is 0.308. The van der Waals surface area contributed by atoms with Gasteiger partial charge in [0.15, 0.2) is 0 Å². The van der Waals surface area contributed by atoms with E-state index >= 15 is 0 Å². The predicted octanol–water partition coefficient (Wildman–Crippen LogP) is 4.65. The van der Waals surface area contributed by atoms with Crippen LogP contribution < -0.4 is 0 Å². The number of hydrogen-bond acceptors (Lipinski definition) is 9. The second-order valence-electron chi connectivity index (χ2n) is 13.5. The number of aliphatic carboxylic acids is 7. The molecular formula is C39H38N4O14. The second kappa shape index (κ2) is 17.1. The van der Waals surface area contributed by atoms with E-state index in [-0.39, 0.29) is 110 Å². The molecule has 0 spiro atoms. The van der Waals surface area contributed by atoms with Gasteiger partial charge in [-0.1, -0.05) is 0 Å². The molecule has 0 amide bonds. The molecule has 5 heterocycles. The maximum atomic E-state index is 12.3. The Morgan fingerprint density at radius 3 is 1.23 bits per heavy atom. The van der Waals surface area contributed by atoms with Gasteiger partial charge in [0.25, 0.3) is 0 Å². The van der Waals surface area contributed by atoms with E-state index < -0.39 is 80.3 Å². The first kappa shape index (κ1) is 41.1. The molecule has 3 aromatic heterocycles. The van der Waals surface area contributed by atoms with Crippen LogP contribution in [0.15, 0.2) is 24.3 Å². The topological polar surface area (TPSA) is 318 Å². The lowest BCUT2D eigenvalue weighted by Crippen LogP contribution is -2.04. The molecular weight excluding hydrogens is 748 g/mol. The minimum absolute atomic E-state index is 0.0124. The standard InChI is InChI=1S/C39H38N4O14/c1-17-18(2-6-33(44)45)26-14-30-23(11-38(54)55)20(4-8-35(48)49)28(42-30)15-29-21(5-9-36(50)51)24(12-39(56)57)32(43-29)16-31-22(10-37(52)53)19(3-7-34(46)47)27(41-31)13-25(17)40-26/h13-16,42-43H,2-12H2,1H3,(H,44,45)(H,46,47)(H,48,49)(H,50,51)(H,52,53)(H,54,55)(H,56,57). The van der Waals surface area contributed by atoms with Gasteiger partial charge < -0.3 is 45.7 Å². The van der Waals surface area contributed by atoms with Crippen molar-refractivity contribution >= 4 is 86.1 Å². The van der Waals surface area contributed by atoms with Gasteiger partial charge in [0.2, 0.25) is 0 Å². The van der Waals surface area contributed by atoms with E-state index in [1.54, 1.807) is 6.92 Å². The molecule has 2 aliphatic heterocycles. The van der Waals surface area contributed by atoms with Crippen molar-refractivity contribution in [3.8, 4) is 0 Å². The SMILES string of the molecule is CC1=C(CCC(=O)O)c2cc3[nH]c(cc4[nH]c(cc5nc(cc1n2)C(CCC(=O)O)=C5CC(=O)O)c(CC(=O)O)c4CCC(=O)O)c(CCC(=O)O)c3CC(=O)O. The predicted molar refractivity (Wildman–Crippen MR) is 201 cm³/mol. The Hall–Kier alpha value is -7.11. The molecule has 18 nitrogen and oxygen atoms in total. The molecule has 0 atom stereocenters. The van der Waals surface area contributed by atoms with E-state index in [0.717, 1.165) is 0 Å². The smallest absolute Gasteiger partial charge is 0.307 e. The van der Waals surface area contributed by atoms with Crippen LogP contribution in [0, 0.1) is 0 Å². The Labute approximate surface area is 321 Å². The van der Waals surface area contributed by atoms with Gasteiger partial charge in [0.1, 0.15) is 0 Å². The molecule has 0 unspecified atom stereocenters. The first-order chi connectivity index (χ1) is 26.9. The maximum absolute atomic E-state index is 12.3. The van der Waals surface area contributed by atoms with Gasteiger partial charge in [-0.25, -0.2) is 9.97 Å². The molecule has 0 aliphatic carbocycles. The summed E-state index contributed by atoms with van der Waals surface area (Å²) in [4.78, 5) is 99.6. The number of aryl methyl sites for hydroxylation is 2. The number of carboxylic acid groups (broad SMARTS) is 7. The summed E-state index contributed by atoms with van der Waals surface area (Å²) < 4.78 is 0. The van der Waals surface area contributed by atoms with E-state index in [4.69, 9.17) is 9.97 Å². The highest BCUT2D eigenvalue weighted by molar-refractivity contribution is 6.01. The number of nitrogens with one attached hydrogen (secondary N) is 2. The van der Waals surface area contributed by atoms with E-state index in [2.05, 4.69) is 9.97 Å². The summed E-state index contributed by atoms with van der Waals surface area (Å²) in [7, 11) is 0. The minimum atomic E-state index is -1.29. The fourth-order valence-electron chi connectivity index (χ4n) is 7.13. The first-order valence-corrected chi connectivity index (χ1v) is 17.6. The number of fused-ring (bicyclic) bond motifs is 8. The lowest BCUT2D eigenvalue weighted by molar-refractivity contribution is -0.138. The van der Waals surface area contributed by atoms with Crippen LogP contribution in [0.1, 0.15) is 96.9 Å². The van der Waals surface area contributed by atoms with Crippen molar-refractivity contribution in [1.82, 2.24) is 19.9 Å². The summed E-state index contributed by atoms with van der Waals surface area (Å²) in [5.74, 6) is -8.48. The van der Waals surface area contributed by atoms with Crippen LogP contribution in [0.4, 0.5) is 0 Å². The molecule has 5 rings (SSSR count). The molecule has 0 radical (unpaired) electrons. The first-order valence-electron chi connectivity index (χ1n) is 17.6. The van der Waals surface area contributed by atoms with Gasteiger partial charge in [0, 0.05) is 47.8 Å². The van der Waals surface area contributed by atoms with Crippen LogP contribution in [0.2, 0.25) is 0 Å².